The standard InChI is InChI=1S/C28H37N3O4/c1-4-31(21-10-12-35-13-11-21)26-18-29-16-25-23(26)7-5-6-22(32)9-8-20-14-19(2)15-27(34-3)24(20)17-30-28(25)33/h5-6,14-16,18,21-22,32H,4,7-13,17H2,1-3H3,(H,30,33)/b6-5+. The SMILES string of the molecule is CCN(c1cncc2c1C/C=C/C(O)CCc1cc(C)cc(OC)c1CNC2=O)C1CCOCC1. The number of aryl methyl sites for hydroxylation is 2. The van der Waals surface area contributed by atoms with Crippen molar-refractivity contribution in [3.05, 3.63) is 64.5 Å². The Labute approximate surface area is 208 Å². The van der Waals surface area contributed by atoms with E-state index in [4.69, 9.17) is 9.47 Å². The number of aliphatic hydroxyl groups excluding tert-OH is 1. The number of nitrogens with zero attached hydrogens (tertiary/aromatic N) is 2. The average molecular weight is 480 g/mol. The summed E-state index contributed by atoms with van der Waals surface area (Å²) in [5.74, 6) is 0.600. The van der Waals surface area contributed by atoms with E-state index in [1.807, 2.05) is 31.3 Å². The largest absolute Gasteiger partial charge is 0.496 e. The van der Waals surface area contributed by atoms with Gasteiger partial charge in [-0.1, -0.05) is 18.2 Å². The Morgan fingerprint density at radius 1 is 1.20 bits per heavy atom. The maximum Gasteiger partial charge on any atom is 0.253 e. The van der Waals surface area contributed by atoms with E-state index in [1.165, 1.54) is 0 Å². The van der Waals surface area contributed by atoms with Crippen LogP contribution in [0.1, 0.15) is 58.8 Å². The molecule has 7 nitrogen and oxygen atoms in total. The molecule has 2 N–H and O–H groups in total. The van der Waals surface area contributed by atoms with E-state index in [0.717, 1.165) is 66.3 Å². The molecule has 1 aromatic heterocycles. The number of aliphatic hydroxyl groups is 1. The highest BCUT2D eigenvalue weighted by Gasteiger charge is 2.25. The summed E-state index contributed by atoms with van der Waals surface area (Å²) >= 11 is 0. The Morgan fingerprint density at radius 3 is 2.74 bits per heavy atom. The molecule has 2 aliphatic rings. The molecule has 0 radical (unpaired) electrons. The van der Waals surface area contributed by atoms with Crippen molar-refractivity contribution in [3.63, 3.8) is 0 Å². The maximum atomic E-state index is 13.5. The van der Waals surface area contributed by atoms with Gasteiger partial charge in [-0.05, 0) is 68.7 Å². The number of allylic oxidation sites excluding steroid dienone is 1. The minimum absolute atomic E-state index is 0.154. The normalized spacial score (nSPS) is 20.3. The highest BCUT2D eigenvalue weighted by atomic mass is 16.5. The van der Waals surface area contributed by atoms with Crippen LogP contribution in [0.4, 0.5) is 5.69 Å². The smallest absolute Gasteiger partial charge is 0.253 e. The molecule has 35 heavy (non-hydrogen) atoms. The molecule has 2 aliphatic heterocycles. The Bertz CT molecular complexity index is 1060. The average Bonchev–Trinajstić information content (AvgIpc) is 2.88. The van der Waals surface area contributed by atoms with Gasteiger partial charge in [0.2, 0.25) is 0 Å². The Kier molecular flexibility index (Phi) is 8.42. The van der Waals surface area contributed by atoms with E-state index < -0.39 is 6.10 Å². The van der Waals surface area contributed by atoms with Crippen molar-refractivity contribution < 1.29 is 19.4 Å². The number of rotatable bonds is 4. The molecule has 1 fully saturated rings. The lowest BCUT2D eigenvalue weighted by Gasteiger charge is -2.36. The second kappa shape index (κ2) is 11.7. The molecule has 4 rings (SSSR count). The van der Waals surface area contributed by atoms with Gasteiger partial charge in [-0.25, -0.2) is 0 Å². The Hall–Kier alpha value is -2.90. The zero-order valence-corrected chi connectivity index (χ0v) is 21.0. The first-order valence-corrected chi connectivity index (χ1v) is 12.6. The van der Waals surface area contributed by atoms with Gasteiger partial charge in [-0.3, -0.25) is 9.78 Å². The first kappa shape index (κ1) is 25.2. The van der Waals surface area contributed by atoms with Crippen molar-refractivity contribution in [1.82, 2.24) is 10.3 Å². The van der Waals surface area contributed by atoms with Crippen LogP contribution in [-0.4, -0.2) is 55.0 Å². The van der Waals surface area contributed by atoms with Crippen LogP contribution in [-0.2, 0) is 24.1 Å². The summed E-state index contributed by atoms with van der Waals surface area (Å²) in [5.41, 5.74) is 5.61. The summed E-state index contributed by atoms with van der Waals surface area (Å²) in [6.07, 6.45) is 10.5. The molecule has 1 unspecified atom stereocenters. The van der Waals surface area contributed by atoms with E-state index >= 15 is 0 Å². The molecule has 0 spiro atoms. The number of carbonyl (C=O) groups excluding carboxylic acids is 1. The molecule has 188 valence electrons. The summed E-state index contributed by atoms with van der Waals surface area (Å²) in [7, 11) is 1.65. The number of hydrogen-bond donors (Lipinski definition) is 2. The Morgan fingerprint density at radius 2 is 2.00 bits per heavy atom. The van der Waals surface area contributed by atoms with E-state index in [0.29, 0.717) is 37.4 Å². The van der Waals surface area contributed by atoms with E-state index in [1.54, 1.807) is 13.3 Å². The molecule has 1 saturated heterocycles. The number of nitrogens with one attached hydrogen (secondary N) is 1. The molecule has 0 saturated carbocycles. The molecule has 0 aliphatic carbocycles. The molecule has 0 bridgehead atoms. The predicted octanol–water partition coefficient (Wildman–Crippen LogP) is 3.74. The van der Waals surface area contributed by atoms with Crippen molar-refractivity contribution in [2.45, 2.75) is 64.6 Å². The number of fused-ring (bicyclic) bond motifs is 2. The topological polar surface area (TPSA) is 83.9 Å². The van der Waals surface area contributed by atoms with Crippen LogP contribution in [0.5, 0.6) is 5.75 Å². The van der Waals surface area contributed by atoms with Crippen molar-refractivity contribution in [3.8, 4) is 5.75 Å². The van der Waals surface area contributed by atoms with Crippen LogP contribution < -0.4 is 15.0 Å². The third kappa shape index (κ3) is 5.85. The Balaban J connectivity index is 1.73. The first-order valence-electron chi connectivity index (χ1n) is 12.6. The summed E-state index contributed by atoms with van der Waals surface area (Å²) in [4.78, 5) is 20.3. The van der Waals surface area contributed by atoms with Gasteiger partial charge in [0, 0.05) is 44.1 Å². The number of anilines is 1. The monoisotopic (exact) mass is 479 g/mol. The van der Waals surface area contributed by atoms with Crippen LogP contribution >= 0.6 is 0 Å². The molecular formula is C28H37N3O4. The highest BCUT2D eigenvalue weighted by Crippen LogP contribution is 2.30. The number of aromatic nitrogens is 1. The van der Waals surface area contributed by atoms with Gasteiger partial charge < -0.3 is 24.8 Å². The number of carbonyl (C=O) groups is 1. The van der Waals surface area contributed by atoms with Gasteiger partial charge in [0.15, 0.2) is 0 Å². The molecule has 7 heteroatoms. The molecule has 3 heterocycles. The molecule has 1 aromatic carbocycles. The zero-order chi connectivity index (χ0) is 24.8. The lowest BCUT2D eigenvalue weighted by atomic mass is 9.97. The fraction of sp³-hybridized carbons (Fsp3) is 0.500. The number of benzene rings is 1. The fourth-order valence-electron chi connectivity index (χ4n) is 5.22. The third-order valence-electron chi connectivity index (χ3n) is 7.04. The first-order chi connectivity index (χ1) is 17.0. The molecule has 1 atom stereocenters. The van der Waals surface area contributed by atoms with Gasteiger partial charge in [-0.2, -0.15) is 0 Å². The van der Waals surface area contributed by atoms with Gasteiger partial charge >= 0.3 is 0 Å². The van der Waals surface area contributed by atoms with Gasteiger partial charge in [0.1, 0.15) is 5.75 Å². The van der Waals surface area contributed by atoms with E-state index in [-0.39, 0.29) is 5.91 Å². The fourth-order valence-corrected chi connectivity index (χ4v) is 5.22. The molecule has 1 amide bonds. The minimum atomic E-state index is -0.565. The zero-order valence-electron chi connectivity index (χ0n) is 21.0. The van der Waals surface area contributed by atoms with E-state index in [9.17, 15) is 9.90 Å². The molecule has 2 aromatic rings. The second-order valence-corrected chi connectivity index (χ2v) is 9.34. The summed E-state index contributed by atoms with van der Waals surface area (Å²) in [6, 6.07) is 4.45. The number of methoxy groups -OCH3 is 1. The summed E-state index contributed by atoms with van der Waals surface area (Å²) in [5, 5.41) is 13.8. The summed E-state index contributed by atoms with van der Waals surface area (Å²) in [6.45, 7) is 6.83. The number of hydrogen-bond acceptors (Lipinski definition) is 6. The minimum Gasteiger partial charge on any atom is -0.496 e. The number of ether oxygens (including phenoxy) is 2. The van der Waals surface area contributed by atoms with Crippen LogP contribution in [0.25, 0.3) is 0 Å². The van der Waals surface area contributed by atoms with Crippen LogP contribution in [0.3, 0.4) is 0 Å². The summed E-state index contributed by atoms with van der Waals surface area (Å²) < 4.78 is 11.2. The number of amides is 1. The van der Waals surface area contributed by atoms with Gasteiger partial charge in [-0.15, -0.1) is 0 Å². The van der Waals surface area contributed by atoms with E-state index in [2.05, 4.69) is 28.2 Å². The lowest BCUT2D eigenvalue weighted by Crippen LogP contribution is -2.40. The third-order valence-corrected chi connectivity index (χ3v) is 7.04. The van der Waals surface area contributed by atoms with Crippen molar-refractivity contribution in [2.24, 2.45) is 0 Å². The second-order valence-electron chi connectivity index (χ2n) is 9.34. The maximum absolute atomic E-state index is 13.5. The van der Waals surface area contributed by atoms with Crippen LogP contribution in [0.2, 0.25) is 0 Å². The predicted molar refractivity (Wildman–Crippen MR) is 137 cm³/mol. The van der Waals surface area contributed by atoms with Crippen LogP contribution in [0, 0.1) is 6.92 Å². The quantitative estimate of drug-likeness (QED) is 0.650. The molecular weight excluding hydrogens is 442 g/mol. The highest BCUT2D eigenvalue weighted by molar-refractivity contribution is 5.97. The van der Waals surface area contributed by atoms with Gasteiger partial charge in [0.25, 0.3) is 5.91 Å². The van der Waals surface area contributed by atoms with Gasteiger partial charge in [0.05, 0.1) is 30.7 Å². The van der Waals surface area contributed by atoms with Crippen molar-refractivity contribution >= 4 is 11.6 Å². The van der Waals surface area contributed by atoms with Crippen LogP contribution in [0.15, 0.2) is 36.7 Å². The number of pyridine rings is 1. The lowest BCUT2D eigenvalue weighted by molar-refractivity contribution is 0.0845. The van der Waals surface area contributed by atoms with Crippen molar-refractivity contribution in [2.75, 3.05) is 31.8 Å². The van der Waals surface area contributed by atoms with Crippen molar-refractivity contribution in [1.29, 1.82) is 0 Å².